The Hall–Kier alpha value is -1.55. The molecule has 1 aliphatic heterocycles. The number of fused-ring (bicyclic) bond motifs is 1. The van der Waals surface area contributed by atoms with E-state index in [-0.39, 0.29) is 18.0 Å². The Morgan fingerprint density at radius 1 is 1.47 bits per heavy atom. The lowest BCUT2D eigenvalue weighted by Gasteiger charge is -2.28. The molecule has 4 nitrogen and oxygen atoms in total. The number of carboxylic acids is 1. The molecule has 5 heteroatoms. The van der Waals surface area contributed by atoms with Gasteiger partial charge < -0.3 is 9.84 Å². The van der Waals surface area contributed by atoms with Crippen molar-refractivity contribution < 1.29 is 19.4 Å². The van der Waals surface area contributed by atoms with Gasteiger partial charge in [0.1, 0.15) is 5.75 Å². The number of ketones is 1. The SMILES string of the molecule is O=C1CC(Cl)(C(=O)O)Oc2ccccc21. The minimum atomic E-state index is -1.97. The maximum atomic E-state index is 11.6. The first-order valence-electron chi connectivity index (χ1n) is 4.26. The molecule has 0 radical (unpaired) electrons. The second-order valence-corrected chi connectivity index (χ2v) is 3.84. The number of rotatable bonds is 1. The molecular weight excluding hydrogens is 220 g/mol. The van der Waals surface area contributed by atoms with Gasteiger partial charge in [-0.1, -0.05) is 23.7 Å². The number of hydrogen-bond donors (Lipinski definition) is 1. The number of carbonyl (C=O) groups is 2. The number of ether oxygens (including phenoxy) is 1. The fourth-order valence-electron chi connectivity index (χ4n) is 1.42. The molecule has 0 aromatic heterocycles. The van der Waals surface area contributed by atoms with Crippen molar-refractivity contribution in [3.8, 4) is 5.75 Å². The zero-order chi connectivity index (χ0) is 11.1. The van der Waals surface area contributed by atoms with E-state index in [0.29, 0.717) is 5.56 Å². The molecule has 0 bridgehead atoms. The molecule has 1 N–H and O–H groups in total. The highest BCUT2D eigenvalue weighted by molar-refractivity contribution is 6.34. The normalized spacial score (nSPS) is 24.2. The highest BCUT2D eigenvalue weighted by Crippen LogP contribution is 2.35. The molecule has 0 fully saturated rings. The van der Waals surface area contributed by atoms with Crippen molar-refractivity contribution in [2.45, 2.75) is 11.5 Å². The van der Waals surface area contributed by atoms with Crippen LogP contribution in [0.4, 0.5) is 0 Å². The van der Waals surface area contributed by atoms with E-state index in [1.54, 1.807) is 18.2 Å². The van der Waals surface area contributed by atoms with Gasteiger partial charge in [0, 0.05) is 0 Å². The lowest BCUT2D eigenvalue weighted by molar-refractivity contribution is -0.148. The van der Waals surface area contributed by atoms with E-state index in [2.05, 4.69) is 0 Å². The minimum Gasteiger partial charge on any atom is -0.477 e. The summed E-state index contributed by atoms with van der Waals surface area (Å²) in [5.41, 5.74) is 0.370. The number of benzene rings is 1. The van der Waals surface area contributed by atoms with Crippen molar-refractivity contribution in [2.24, 2.45) is 0 Å². The van der Waals surface area contributed by atoms with Crippen LogP contribution in [-0.4, -0.2) is 21.9 Å². The third kappa shape index (κ3) is 1.57. The summed E-state index contributed by atoms with van der Waals surface area (Å²) in [6, 6.07) is 6.43. The Labute approximate surface area is 90.4 Å². The van der Waals surface area contributed by atoms with Crippen LogP contribution < -0.4 is 4.74 Å². The number of hydrogen-bond acceptors (Lipinski definition) is 3. The minimum absolute atomic E-state index is 0.214. The lowest BCUT2D eigenvalue weighted by Crippen LogP contribution is -2.43. The van der Waals surface area contributed by atoms with Crippen LogP contribution in [0.15, 0.2) is 24.3 Å². The molecule has 78 valence electrons. The number of aliphatic carboxylic acids is 1. The van der Waals surface area contributed by atoms with Crippen molar-refractivity contribution in [1.82, 2.24) is 0 Å². The zero-order valence-electron chi connectivity index (χ0n) is 7.57. The van der Waals surface area contributed by atoms with E-state index in [1.165, 1.54) is 6.07 Å². The second kappa shape index (κ2) is 3.24. The number of alkyl halides is 1. The van der Waals surface area contributed by atoms with Gasteiger partial charge >= 0.3 is 5.97 Å². The van der Waals surface area contributed by atoms with E-state index in [1.807, 2.05) is 0 Å². The molecule has 0 spiro atoms. The van der Waals surface area contributed by atoms with E-state index in [9.17, 15) is 9.59 Å². The van der Waals surface area contributed by atoms with Gasteiger partial charge in [-0.2, -0.15) is 0 Å². The summed E-state index contributed by atoms with van der Waals surface area (Å²) in [6.07, 6.45) is -0.360. The van der Waals surface area contributed by atoms with E-state index < -0.39 is 11.0 Å². The third-order valence-corrected chi connectivity index (χ3v) is 2.54. The van der Waals surface area contributed by atoms with Crippen molar-refractivity contribution >= 4 is 23.4 Å². The maximum absolute atomic E-state index is 11.6. The molecule has 1 unspecified atom stereocenters. The molecule has 2 rings (SSSR count). The van der Waals surface area contributed by atoms with Crippen LogP contribution in [0, 0.1) is 0 Å². The molecule has 15 heavy (non-hydrogen) atoms. The average molecular weight is 227 g/mol. The van der Waals surface area contributed by atoms with Crippen LogP contribution in [-0.2, 0) is 4.79 Å². The van der Waals surface area contributed by atoms with Gasteiger partial charge in [-0.15, -0.1) is 0 Å². The summed E-state index contributed by atoms with van der Waals surface area (Å²) < 4.78 is 5.10. The van der Waals surface area contributed by atoms with Gasteiger partial charge in [0.05, 0.1) is 12.0 Å². The van der Waals surface area contributed by atoms with Crippen LogP contribution in [0.25, 0.3) is 0 Å². The number of carbonyl (C=O) groups excluding carboxylic acids is 1. The Balaban J connectivity index is 2.47. The van der Waals surface area contributed by atoms with Gasteiger partial charge in [0.25, 0.3) is 5.06 Å². The fourth-order valence-corrected chi connectivity index (χ4v) is 1.62. The second-order valence-electron chi connectivity index (χ2n) is 3.23. The molecule has 0 aliphatic carbocycles. The molecule has 1 aromatic carbocycles. The highest BCUT2D eigenvalue weighted by Gasteiger charge is 2.45. The quantitative estimate of drug-likeness (QED) is 0.740. The molecule has 1 atom stereocenters. The van der Waals surface area contributed by atoms with Crippen LogP contribution in [0.2, 0.25) is 0 Å². The van der Waals surface area contributed by atoms with Crippen LogP contribution in [0.1, 0.15) is 16.8 Å². The maximum Gasteiger partial charge on any atom is 0.364 e. The summed E-state index contributed by atoms with van der Waals surface area (Å²) in [4.78, 5) is 22.4. The number of carboxylic acid groups (broad SMARTS) is 1. The van der Waals surface area contributed by atoms with Crippen molar-refractivity contribution in [2.75, 3.05) is 0 Å². The van der Waals surface area contributed by atoms with Gasteiger partial charge in [-0.25, -0.2) is 4.79 Å². The monoisotopic (exact) mass is 226 g/mol. The molecule has 0 amide bonds. The zero-order valence-corrected chi connectivity index (χ0v) is 8.32. The first-order valence-corrected chi connectivity index (χ1v) is 4.64. The summed E-state index contributed by atoms with van der Waals surface area (Å²) in [7, 11) is 0. The number of halogens is 1. The van der Waals surface area contributed by atoms with Gasteiger partial charge in [-0.3, -0.25) is 4.79 Å². The lowest BCUT2D eigenvalue weighted by atomic mass is 10.0. The van der Waals surface area contributed by atoms with Crippen molar-refractivity contribution in [3.05, 3.63) is 29.8 Å². The predicted octanol–water partition coefficient (Wildman–Crippen LogP) is 1.67. The molecule has 1 aliphatic rings. The third-order valence-electron chi connectivity index (χ3n) is 2.17. The van der Waals surface area contributed by atoms with Gasteiger partial charge in [0.15, 0.2) is 5.78 Å². The number of para-hydroxylation sites is 1. The first-order chi connectivity index (χ1) is 7.03. The Morgan fingerprint density at radius 2 is 2.13 bits per heavy atom. The largest absolute Gasteiger partial charge is 0.477 e. The summed E-state index contributed by atoms with van der Waals surface area (Å²) in [6.45, 7) is 0. The smallest absolute Gasteiger partial charge is 0.364 e. The molecule has 1 aromatic rings. The van der Waals surface area contributed by atoms with Crippen molar-refractivity contribution in [3.63, 3.8) is 0 Å². The summed E-state index contributed by atoms with van der Waals surface area (Å²) in [5.74, 6) is -1.47. The van der Waals surface area contributed by atoms with Crippen molar-refractivity contribution in [1.29, 1.82) is 0 Å². The first kappa shape index (κ1) is 9.98. The molecule has 1 heterocycles. The van der Waals surface area contributed by atoms with E-state index >= 15 is 0 Å². The summed E-state index contributed by atoms with van der Waals surface area (Å²) in [5, 5.41) is 6.86. The highest BCUT2D eigenvalue weighted by atomic mass is 35.5. The molecule has 0 saturated heterocycles. The molecule has 0 saturated carbocycles. The number of Topliss-reactive ketones (excluding diaryl/α,β-unsaturated/α-hetero) is 1. The van der Waals surface area contributed by atoms with Gasteiger partial charge in [0.2, 0.25) is 0 Å². The average Bonchev–Trinajstić information content (AvgIpc) is 2.17. The topological polar surface area (TPSA) is 63.6 Å². The fraction of sp³-hybridized carbons (Fsp3) is 0.200. The standard InChI is InChI=1S/C10H7ClO4/c11-10(9(13)14)5-7(12)6-3-1-2-4-8(6)15-10/h1-4H,5H2,(H,13,14). The Morgan fingerprint density at radius 3 is 2.80 bits per heavy atom. The summed E-state index contributed by atoms with van der Waals surface area (Å²) >= 11 is 5.69. The Bertz CT molecular complexity index is 443. The van der Waals surface area contributed by atoms with E-state index in [4.69, 9.17) is 21.4 Å². The van der Waals surface area contributed by atoms with E-state index in [0.717, 1.165) is 0 Å². The van der Waals surface area contributed by atoms with Gasteiger partial charge in [-0.05, 0) is 12.1 Å². The van der Waals surface area contributed by atoms with Crippen LogP contribution >= 0.6 is 11.6 Å². The molecular formula is C10H7ClO4. The predicted molar refractivity (Wildman–Crippen MR) is 52.2 cm³/mol. The van der Waals surface area contributed by atoms with Crippen LogP contribution in [0.3, 0.4) is 0 Å². The Kier molecular flexibility index (Phi) is 2.16. The van der Waals surface area contributed by atoms with Crippen LogP contribution in [0.5, 0.6) is 5.75 Å².